The Bertz CT molecular complexity index is 1170. The number of nitrogens with one attached hydrogen (secondary N) is 1. The lowest BCUT2D eigenvalue weighted by Gasteiger charge is -2.49. The number of ether oxygens (including phenoxy) is 1. The number of hydrogen-bond donors (Lipinski definition) is 2. The molecule has 9 nitrogen and oxygen atoms in total. The van der Waals surface area contributed by atoms with E-state index >= 15 is 0 Å². The first kappa shape index (κ1) is 20.6. The summed E-state index contributed by atoms with van der Waals surface area (Å²) >= 11 is 0. The van der Waals surface area contributed by atoms with Crippen LogP contribution in [0.2, 0.25) is 0 Å². The molecule has 9 heteroatoms. The van der Waals surface area contributed by atoms with Crippen molar-refractivity contribution >= 4 is 22.7 Å². The summed E-state index contributed by atoms with van der Waals surface area (Å²) in [5, 5.41) is 3.11. The molecule has 0 radical (unpaired) electrons. The minimum Gasteiger partial charge on any atom is -0.456 e. The fourth-order valence-corrected chi connectivity index (χ4v) is 4.92. The van der Waals surface area contributed by atoms with Gasteiger partial charge in [0.05, 0.1) is 17.6 Å². The first-order valence-electron chi connectivity index (χ1n) is 11.7. The Morgan fingerprint density at radius 3 is 2.67 bits per heavy atom. The van der Waals surface area contributed by atoms with Gasteiger partial charge in [-0.15, -0.1) is 0 Å². The largest absolute Gasteiger partial charge is 0.456 e. The summed E-state index contributed by atoms with van der Waals surface area (Å²) in [5.74, 6) is 1.66. The Labute approximate surface area is 193 Å². The standard InChI is InChI=1S/C24H30N8O/c1-15(2)30-7-9-31(10-8-30)17-13-32(14-17)22-12-26-19-5-4-18(27-23(19)29-22)16-3-6-21-20(11-16)28-24(25)33-21/h3-6,11-12,15,17,24,28H,7-10,13-14,25H2,1-2H3. The fourth-order valence-electron chi connectivity index (χ4n) is 4.92. The second-order valence-electron chi connectivity index (χ2n) is 9.39. The van der Waals surface area contributed by atoms with E-state index in [-0.39, 0.29) is 0 Å². The maximum absolute atomic E-state index is 5.81. The van der Waals surface area contributed by atoms with E-state index in [9.17, 15) is 0 Å². The van der Waals surface area contributed by atoms with Crippen LogP contribution in [-0.4, -0.2) is 82.5 Å². The first-order chi connectivity index (χ1) is 16.0. The molecule has 0 saturated carbocycles. The summed E-state index contributed by atoms with van der Waals surface area (Å²) in [7, 11) is 0. The third-order valence-corrected chi connectivity index (χ3v) is 7.00. The van der Waals surface area contributed by atoms with Crippen LogP contribution in [0.25, 0.3) is 22.4 Å². The van der Waals surface area contributed by atoms with Crippen LogP contribution in [0, 0.1) is 0 Å². The summed E-state index contributed by atoms with van der Waals surface area (Å²) in [6.07, 6.45) is 1.36. The summed E-state index contributed by atoms with van der Waals surface area (Å²) in [5.41, 5.74) is 9.99. The van der Waals surface area contributed by atoms with Crippen molar-refractivity contribution in [3.63, 3.8) is 0 Å². The maximum atomic E-state index is 5.81. The number of nitrogens with zero attached hydrogens (tertiary/aromatic N) is 6. The van der Waals surface area contributed by atoms with Crippen molar-refractivity contribution in [2.75, 3.05) is 49.5 Å². The molecule has 2 fully saturated rings. The van der Waals surface area contributed by atoms with E-state index < -0.39 is 6.35 Å². The molecule has 1 atom stereocenters. The molecule has 6 rings (SSSR count). The normalized spacial score (nSPS) is 21.7. The molecule has 2 saturated heterocycles. The molecule has 3 aliphatic heterocycles. The van der Waals surface area contributed by atoms with E-state index in [1.807, 2.05) is 36.5 Å². The highest BCUT2D eigenvalue weighted by Crippen LogP contribution is 2.34. The number of piperazine rings is 1. The zero-order valence-electron chi connectivity index (χ0n) is 19.1. The number of hydrogen-bond acceptors (Lipinski definition) is 9. The number of rotatable bonds is 4. The van der Waals surface area contributed by atoms with Gasteiger partial charge in [-0.05, 0) is 44.2 Å². The lowest BCUT2D eigenvalue weighted by Crippen LogP contribution is -2.63. The Morgan fingerprint density at radius 1 is 1.06 bits per heavy atom. The Balaban J connectivity index is 1.16. The van der Waals surface area contributed by atoms with Crippen molar-refractivity contribution < 1.29 is 4.74 Å². The molecular weight excluding hydrogens is 416 g/mol. The number of anilines is 2. The monoisotopic (exact) mass is 446 g/mol. The van der Waals surface area contributed by atoms with Gasteiger partial charge in [0.25, 0.3) is 0 Å². The van der Waals surface area contributed by atoms with Crippen LogP contribution in [0.5, 0.6) is 5.75 Å². The molecule has 33 heavy (non-hydrogen) atoms. The minimum atomic E-state index is -0.507. The highest BCUT2D eigenvalue weighted by atomic mass is 16.5. The predicted octanol–water partition coefficient (Wildman–Crippen LogP) is 1.95. The van der Waals surface area contributed by atoms with Crippen molar-refractivity contribution in [2.45, 2.75) is 32.3 Å². The van der Waals surface area contributed by atoms with Crippen molar-refractivity contribution in [1.82, 2.24) is 24.8 Å². The number of aromatic nitrogens is 3. The molecule has 0 spiro atoms. The molecule has 3 aliphatic rings. The fraction of sp³-hybridized carbons (Fsp3) is 0.458. The van der Waals surface area contributed by atoms with Gasteiger partial charge in [0, 0.05) is 56.9 Å². The Kier molecular flexibility index (Phi) is 5.05. The molecule has 0 bridgehead atoms. The van der Waals surface area contributed by atoms with Gasteiger partial charge in [0.1, 0.15) is 17.1 Å². The highest BCUT2D eigenvalue weighted by Gasteiger charge is 2.34. The average Bonchev–Trinajstić information content (AvgIpc) is 3.17. The third kappa shape index (κ3) is 3.86. The molecule has 1 unspecified atom stereocenters. The Hall–Kier alpha value is -3.01. The lowest BCUT2D eigenvalue weighted by atomic mass is 10.1. The average molecular weight is 447 g/mol. The first-order valence-corrected chi connectivity index (χ1v) is 11.7. The molecular formula is C24H30N8O. The van der Waals surface area contributed by atoms with E-state index in [2.05, 4.69) is 38.8 Å². The third-order valence-electron chi connectivity index (χ3n) is 7.00. The van der Waals surface area contributed by atoms with Crippen molar-refractivity contribution in [3.05, 3.63) is 36.5 Å². The van der Waals surface area contributed by atoms with E-state index in [0.717, 1.165) is 73.3 Å². The van der Waals surface area contributed by atoms with Gasteiger partial charge in [-0.3, -0.25) is 15.5 Å². The quantitative estimate of drug-likeness (QED) is 0.623. The zero-order chi connectivity index (χ0) is 22.5. The second-order valence-corrected chi connectivity index (χ2v) is 9.39. The van der Waals surface area contributed by atoms with Gasteiger partial charge in [0.2, 0.25) is 6.35 Å². The number of nitrogens with two attached hydrogens (primary N) is 1. The van der Waals surface area contributed by atoms with Gasteiger partial charge >= 0.3 is 0 Å². The van der Waals surface area contributed by atoms with Crippen molar-refractivity contribution in [1.29, 1.82) is 0 Å². The number of pyridine rings is 1. The van der Waals surface area contributed by atoms with Crippen molar-refractivity contribution in [2.24, 2.45) is 5.73 Å². The molecule has 5 heterocycles. The number of fused-ring (bicyclic) bond motifs is 2. The molecule has 3 aromatic rings. The molecule has 1 aromatic carbocycles. The predicted molar refractivity (Wildman–Crippen MR) is 129 cm³/mol. The van der Waals surface area contributed by atoms with Gasteiger partial charge < -0.3 is 15.0 Å². The van der Waals surface area contributed by atoms with E-state index in [1.54, 1.807) is 0 Å². The zero-order valence-corrected chi connectivity index (χ0v) is 19.1. The van der Waals surface area contributed by atoms with E-state index in [0.29, 0.717) is 17.7 Å². The van der Waals surface area contributed by atoms with E-state index in [1.165, 1.54) is 0 Å². The summed E-state index contributed by atoms with van der Waals surface area (Å²) in [4.78, 5) is 21.8. The van der Waals surface area contributed by atoms with Crippen molar-refractivity contribution in [3.8, 4) is 17.0 Å². The highest BCUT2D eigenvalue weighted by molar-refractivity contribution is 5.78. The van der Waals surface area contributed by atoms with Crippen LogP contribution >= 0.6 is 0 Å². The van der Waals surface area contributed by atoms with Crippen LogP contribution in [0.1, 0.15) is 13.8 Å². The smallest absolute Gasteiger partial charge is 0.225 e. The van der Waals surface area contributed by atoms with Gasteiger partial charge in [-0.2, -0.15) is 0 Å². The Morgan fingerprint density at radius 2 is 1.88 bits per heavy atom. The van der Waals surface area contributed by atoms with Crippen LogP contribution in [0.4, 0.5) is 11.5 Å². The summed E-state index contributed by atoms with van der Waals surface area (Å²) < 4.78 is 5.51. The molecule has 172 valence electrons. The van der Waals surface area contributed by atoms with Crippen LogP contribution in [-0.2, 0) is 0 Å². The van der Waals surface area contributed by atoms with Crippen LogP contribution < -0.4 is 20.7 Å². The van der Waals surface area contributed by atoms with Gasteiger partial charge in [0.15, 0.2) is 5.65 Å². The number of benzene rings is 1. The minimum absolute atomic E-state index is 0.507. The van der Waals surface area contributed by atoms with Crippen LogP contribution in [0.15, 0.2) is 36.5 Å². The molecule has 2 aromatic heterocycles. The topological polar surface area (TPSA) is 95.7 Å². The van der Waals surface area contributed by atoms with Gasteiger partial charge in [-0.25, -0.2) is 15.0 Å². The van der Waals surface area contributed by atoms with Gasteiger partial charge in [-0.1, -0.05) is 0 Å². The SMILES string of the molecule is CC(C)N1CCN(C2CN(c3cnc4ccc(-c5ccc6c(c5)NC(N)O6)nc4n3)C2)CC1. The van der Waals surface area contributed by atoms with Crippen LogP contribution in [0.3, 0.4) is 0 Å². The maximum Gasteiger partial charge on any atom is 0.225 e. The lowest BCUT2D eigenvalue weighted by molar-refractivity contribution is 0.0676. The summed E-state index contributed by atoms with van der Waals surface area (Å²) in [6, 6.07) is 11.1. The molecule has 3 N–H and O–H groups in total. The molecule has 0 aliphatic carbocycles. The molecule has 0 amide bonds. The second kappa shape index (κ2) is 8.09. The summed E-state index contributed by atoms with van der Waals surface area (Å²) in [6.45, 7) is 11.2. The van der Waals surface area contributed by atoms with E-state index in [4.69, 9.17) is 20.4 Å².